The summed E-state index contributed by atoms with van der Waals surface area (Å²) in [6.07, 6.45) is 1.27. The van der Waals surface area contributed by atoms with Crippen LogP contribution in [0.25, 0.3) is 0 Å². The number of likely N-dealkylation sites (tertiary alicyclic amines) is 1. The van der Waals surface area contributed by atoms with Crippen LogP contribution in [0.2, 0.25) is 0 Å². The molecule has 1 aromatic carbocycles. The Hall–Kier alpha value is -2.37. The zero-order valence-corrected chi connectivity index (χ0v) is 11.8. The Balaban J connectivity index is 2.02. The van der Waals surface area contributed by atoms with Gasteiger partial charge in [0, 0.05) is 24.3 Å². The Morgan fingerprint density at radius 3 is 2.76 bits per heavy atom. The number of benzene rings is 1. The minimum Gasteiger partial charge on any atom is -0.481 e. The van der Waals surface area contributed by atoms with Crippen LogP contribution in [0, 0.1) is 5.92 Å². The summed E-state index contributed by atoms with van der Waals surface area (Å²) in [7, 11) is 0. The van der Waals surface area contributed by atoms with Gasteiger partial charge in [-0.1, -0.05) is 12.1 Å². The van der Waals surface area contributed by atoms with Crippen LogP contribution < -0.4 is 5.32 Å². The number of carboxylic acid groups (broad SMARTS) is 1. The second-order valence-electron chi connectivity index (χ2n) is 5.19. The molecule has 0 saturated carbocycles. The molecule has 1 aliphatic rings. The van der Waals surface area contributed by atoms with Crippen LogP contribution in [0.3, 0.4) is 0 Å². The second-order valence-corrected chi connectivity index (χ2v) is 5.19. The summed E-state index contributed by atoms with van der Waals surface area (Å²) >= 11 is 0. The van der Waals surface area contributed by atoms with E-state index >= 15 is 0 Å². The molecule has 0 unspecified atom stereocenters. The minimum absolute atomic E-state index is 0.0741. The molecule has 0 spiro atoms. The molecule has 0 aliphatic carbocycles. The average Bonchev–Trinajstić information content (AvgIpc) is 2.47. The van der Waals surface area contributed by atoms with E-state index in [1.54, 1.807) is 24.3 Å². The normalized spacial score (nSPS) is 18.1. The predicted octanol–water partition coefficient (Wildman–Crippen LogP) is 2.22. The Bertz CT molecular complexity index is 571. The van der Waals surface area contributed by atoms with Crippen molar-refractivity contribution >= 4 is 23.5 Å². The molecule has 2 N–H and O–H groups in total. The number of amides is 2. The molecule has 0 aromatic heterocycles. The van der Waals surface area contributed by atoms with Crippen LogP contribution in [-0.2, 0) is 4.79 Å². The van der Waals surface area contributed by atoms with Crippen molar-refractivity contribution in [2.75, 3.05) is 18.4 Å². The summed E-state index contributed by atoms with van der Waals surface area (Å²) in [5, 5.41) is 11.7. The molecule has 0 bridgehead atoms. The molecule has 2 amide bonds. The van der Waals surface area contributed by atoms with Crippen molar-refractivity contribution in [1.29, 1.82) is 0 Å². The molecule has 6 heteroatoms. The number of ketones is 1. The van der Waals surface area contributed by atoms with Crippen molar-refractivity contribution in [1.82, 2.24) is 4.90 Å². The van der Waals surface area contributed by atoms with Gasteiger partial charge < -0.3 is 15.3 Å². The minimum atomic E-state index is -0.869. The maximum atomic E-state index is 12.2. The third-order valence-electron chi connectivity index (χ3n) is 3.58. The molecule has 112 valence electrons. The molecule has 1 aliphatic heterocycles. The van der Waals surface area contributed by atoms with Gasteiger partial charge in [0.25, 0.3) is 0 Å². The van der Waals surface area contributed by atoms with Gasteiger partial charge >= 0.3 is 12.0 Å². The Labute approximate surface area is 122 Å². The zero-order valence-electron chi connectivity index (χ0n) is 11.8. The van der Waals surface area contributed by atoms with Crippen molar-refractivity contribution in [2.45, 2.75) is 19.8 Å². The molecule has 1 heterocycles. The van der Waals surface area contributed by atoms with E-state index in [1.165, 1.54) is 11.8 Å². The largest absolute Gasteiger partial charge is 0.481 e. The molecule has 1 aromatic rings. The molecule has 0 radical (unpaired) electrons. The van der Waals surface area contributed by atoms with Gasteiger partial charge in [-0.2, -0.15) is 0 Å². The number of carbonyl (C=O) groups is 3. The van der Waals surface area contributed by atoms with Gasteiger partial charge in [-0.3, -0.25) is 9.59 Å². The number of Topliss-reactive ketones (excluding diaryl/α,β-unsaturated/α-hetero) is 1. The lowest BCUT2D eigenvalue weighted by Crippen LogP contribution is -2.44. The number of nitrogens with zero attached hydrogens (tertiary/aromatic N) is 1. The van der Waals surface area contributed by atoms with Crippen molar-refractivity contribution in [3.63, 3.8) is 0 Å². The average molecular weight is 290 g/mol. The monoisotopic (exact) mass is 290 g/mol. The first-order valence-electron chi connectivity index (χ1n) is 6.87. The molecule has 2 rings (SSSR count). The summed E-state index contributed by atoms with van der Waals surface area (Å²) in [5.74, 6) is -1.45. The molecule has 1 atom stereocenters. The molecule has 1 fully saturated rings. The van der Waals surface area contributed by atoms with Crippen LogP contribution in [0.4, 0.5) is 10.5 Å². The van der Waals surface area contributed by atoms with Crippen LogP contribution >= 0.6 is 0 Å². The Morgan fingerprint density at radius 2 is 2.10 bits per heavy atom. The lowest BCUT2D eigenvalue weighted by molar-refractivity contribution is -0.143. The first-order chi connectivity index (χ1) is 9.97. The van der Waals surface area contributed by atoms with Gasteiger partial charge in [0.05, 0.1) is 5.92 Å². The predicted molar refractivity (Wildman–Crippen MR) is 77.4 cm³/mol. The van der Waals surface area contributed by atoms with E-state index in [-0.39, 0.29) is 18.4 Å². The van der Waals surface area contributed by atoms with E-state index in [4.69, 9.17) is 5.11 Å². The third-order valence-corrected chi connectivity index (χ3v) is 3.58. The van der Waals surface area contributed by atoms with Gasteiger partial charge in [-0.25, -0.2) is 4.79 Å². The third kappa shape index (κ3) is 3.81. The number of carboxylic acids is 1. The number of nitrogens with one attached hydrogen (secondary N) is 1. The van der Waals surface area contributed by atoms with Gasteiger partial charge in [0.2, 0.25) is 0 Å². The highest BCUT2D eigenvalue weighted by atomic mass is 16.4. The van der Waals surface area contributed by atoms with Gasteiger partial charge in [0.15, 0.2) is 5.78 Å². The van der Waals surface area contributed by atoms with E-state index in [9.17, 15) is 14.4 Å². The number of urea groups is 1. The standard InChI is InChI=1S/C15H18N2O4/c1-10(18)11-4-2-6-13(8-11)16-15(21)17-7-3-5-12(9-17)14(19)20/h2,4,6,8,12H,3,5,7,9H2,1H3,(H,16,21)(H,19,20)/t12-/m0/s1. The first kappa shape index (κ1) is 15.0. The van der Waals surface area contributed by atoms with E-state index in [0.717, 1.165) is 0 Å². The van der Waals surface area contributed by atoms with Crippen LogP contribution in [0.1, 0.15) is 30.1 Å². The number of piperidine rings is 1. The highest BCUT2D eigenvalue weighted by Gasteiger charge is 2.28. The number of hydrogen-bond acceptors (Lipinski definition) is 3. The maximum Gasteiger partial charge on any atom is 0.321 e. The first-order valence-corrected chi connectivity index (χ1v) is 6.87. The van der Waals surface area contributed by atoms with Crippen molar-refractivity contribution < 1.29 is 19.5 Å². The van der Waals surface area contributed by atoms with E-state index in [1.807, 2.05) is 0 Å². The van der Waals surface area contributed by atoms with Crippen LogP contribution in [-0.4, -0.2) is 40.9 Å². The molecular weight excluding hydrogens is 272 g/mol. The fourth-order valence-electron chi connectivity index (χ4n) is 2.38. The number of rotatable bonds is 3. The lowest BCUT2D eigenvalue weighted by Gasteiger charge is -2.30. The Kier molecular flexibility index (Phi) is 4.57. The summed E-state index contributed by atoms with van der Waals surface area (Å²) in [6, 6.07) is 6.35. The van der Waals surface area contributed by atoms with Gasteiger partial charge in [0.1, 0.15) is 0 Å². The van der Waals surface area contributed by atoms with E-state index < -0.39 is 11.9 Å². The topological polar surface area (TPSA) is 86.7 Å². The van der Waals surface area contributed by atoms with Crippen LogP contribution in [0.5, 0.6) is 0 Å². The number of hydrogen-bond donors (Lipinski definition) is 2. The number of anilines is 1. The van der Waals surface area contributed by atoms with E-state index in [2.05, 4.69) is 5.32 Å². The summed E-state index contributed by atoms with van der Waals surface area (Å²) in [6.45, 7) is 2.22. The Morgan fingerprint density at radius 1 is 1.33 bits per heavy atom. The molecule has 1 saturated heterocycles. The second kappa shape index (κ2) is 6.39. The SMILES string of the molecule is CC(=O)c1cccc(NC(=O)N2CCC[C@H](C(=O)O)C2)c1. The van der Waals surface area contributed by atoms with E-state index in [0.29, 0.717) is 30.6 Å². The highest BCUT2D eigenvalue weighted by molar-refractivity contribution is 5.96. The highest BCUT2D eigenvalue weighted by Crippen LogP contribution is 2.18. The van der Waals surface area contributed by atoms with Crippen molar-refractivity contribution in [3.8, 4) is 0 Å². The van der Waals surface area contributed by atoms with Crippen molar-refractivity contribution in [3.05, 3.63) is 29.8 Å². The zero-order chi connectivity index (χ0) is 15.4. The number of carbonyl (C=O) groups excluding carboxylic acids is 2. The molecule has 21 heavy (non-hydrogen) atoms. The number of aliphatic carboxylic acids is 1. The molecule has 6 nitrogen and oxygen atoms in total. The lowest BCUT2D eigenvalue weighted by atomic mass is 9.99. The summed E-state index contributed by atoms with van der Waals surface area (Å²) in [4.78, 5) is 36.0. The summed E-state index contributed by atoms with van der Waals surface area (Å²) < 4.78 is 0. The molecular formula is C15H18N2O4. The quantitative estimate of drug-likeness (QED) is 0.836. The maximum absolute atomic E-state index is 12.2. The fourth-order valence-corrected chi connectivity index (χ4v) is 2.38. The van der Waals surface area contributed by atoms with Crippen molar-refractivity contribution in [2.24, 2.45) is 5.92 Å². The van der Waals surface area contributed by atoms with Gasteiger partial charge in [-0.15, -0.1) is 0 Å². The fraction of sp³-hybridized carbons (Fsp3) is 0.400. The summed E-state index contributed by atoms with van der Waals surface area (Å²) in [5.41, 5.74) is 1.06. The van der Waals surface area contributed by atoms with Crippen LogP contribution in [0.15, 0.2) is 24.3 Å². The smallest absolute Gasteiger partial charge is 0.321 e. The van der Waals surface area contributed by atoms with Gasteiger partial charge in [-0.05, 0) is 31.9 Å².